The van der Waals surface area contributed by atoms with Gasteiger partial charge in [-0.05, 0) is 65.7 Å². The fourth-order valence-electron chi connectivity index (χ4n) is 3.37. The van der Waals surface area contributed by atoms with E-state index in [1.54, 1.807) is 42.5 Å². The first-order chi connectivity index (χ1) is 17.0. The lowest BCUT2D eigenvalue weighted by Gasteiger charge is -2.07. The molecule has 0 saturated carbocycles. The van der Waals surface area contributed by atoms with Gasteiger partial charge < -0.3 is 10.1 Å². The lowest BCUT2D eigenvalue weighted by molar-refractivity contribution is -0.120. The molecule has 0 unspecified atom stereocenters. The fourth-order valence-corrected chi connectivity index (χ4v) is 3.37. The van der Waals surface area contributed by atoms with Crippen LogP contribution in [0.1, 0.15) is 31.8 Å². The Bertz CT molecular complexity index is 1390. The Morgan fingerprint density at radius 1 is 0.857 bits per heavy atom. The molecular formula is C28H23N3O4. The molecule has 4 aromatic carbocycles. The Morgan fingerprint density at radius 3 is 2.34 bits per heavy atom. The molecular weight excluding hydrogens is 442 g/mol. The molecule has 2 N–H and O–H groups in total. The number of rotatable bonds is 7. The molecule has 0 radical (unpaired) electrons. The van der Waals surface area contributed by atoms with E-state index in [1.165, 1.54) is 6.21 Å². The van der Waals surface area contributed by atoms with Crippen molar-refractivity contribution in [3.05, 3.63) is 113 Å². The van der Waals surface area contributed by atoms with Crippen LogP contribution in [0.5, 0.6) is 5.75 Å². The van der Waals surface area contributed by atoms with Crippen LogP contribution in [-0.4, -0.2) is 30.5 Å². The number of hydrogen-bond acceptors (Lipinski definition) is 5. The van der Waals surface area contributed by atoms with Crippen LogP contribution in [0.4, 0.5) is 0 Å². The lowest BCUT2D eigenvalue weighted by Crippen LogP contribution is -2.34. The van der Waals surface area contributed by atoms with Gasteiger partial charge in [-0.3, -0.25) is 9.59 Å². The molecule has 0 spiro atoms. The number of hydrogen-bond donors (Lipinski definition) is 2. The number of carbonyl (C=O) groups excluding carboxylic acids is 3. The van der Waals surface area contributed by atoms with E-state index in [1.807, 2.05) is 55.5 Å². The Balaban J connectivity index is 1.27. The van der Waals surface area contributed by atoms with Crippen LogP contribution in [0.2, 0.25) is 0 Å². The quantitative estimate of drug-likeness (QED) is 0.185. The van der Waals surface area contributed by atoms with Crippen molar-refractivity contribution >= 4 is 34.8 Å². The molecule has 0 bridgehead atoms. The van der Waals surface area contributed by atoms with Crippen LogP contribution in [0.25, 0.3) is 10.8 Å². The summed E-state index contributed by atoms with van der Waals surface area (Å²) in [5.41, 5.74) is 5.07. The zero-order valence-electron chi connectivity index (χ0n) is 19.0. The van der Waals surface area contributed by atoms with E-state index in [2.05, 4.69) is 15.8 Å². The summed E-state index contributed by atoms with van der Waals surface area (Å²) in [6.45, 7) is 1.73. The van der Waals surface area contributed by atoms with E-state index in [0.29, 0.717) is 22.4 Å². The average molecular weight is 466 g/mol. The molecule has 2 amide bonds. The van der Waals surface area contributed by atoms with E-state index in [9.17, 15) is 14.4 Å². The maximum atomic E-state index is 12.6. The molecule has 0 aliphatic rings. The zero-order valence-corrected chi connectivity index (χ0v) is 19.0. The molecule has 0 fully saturated rings. The molecule has 0 aliphatic carbocycles. The maximum Gasteiger partial charge on any atom is 0.344 e. The van der Waals surface area contributed by atoms with Crippen molar-refractivity contribution in [1.29, 1.82) is 0 Å². The predicted molar refractivity (Wildman–Crippen MR) is 135 cm³/mol. The van der Waals surface area contributed by atoms with E-state index in [4.69, 9.17) is 4.74 Å². The van der Waals surface area contributed by atoms with Gasteiger partial charge in [-0.25, -0.2) is 10.2 Å². The van der Waals surface area contributed by atoms with Crippen molar-refractivity contribution in [2.24, 2.45) is 5.10 Å². The number of esters is 1. The highest BCUT2D eigenvalue weighted by Crippen LogP contribution is 2.21. The summed E-state index contributed by atoms with van der Waals surface area (Å²) in [5, 5.41) is 8.23. The molecule has 7 heteroatoms. The highest BCUT2D eigenvalue weighted by atomic mass is 16.5. The predicted octanol–water partition coefficient (Wildman–Crippen LogP) is 4.25. The first-order valence-electron chi connectivity index (χ1n) is 11.0. The van der Waals surface area contributed by atoms with Gasteiger partial charge >= 0.3 is 5.97 Å². The topological polar surface area (TPSA) is 96.9 Å². The van der Waals surface area contributed by atoms with Gasteiger partial charge in [0, 0.05) is 5.56 Å². The van der Waals surface area contributed by atoms with Crippen molar-refractivity contribution in [3.8, 4) is 5.75 Å². The highest BCUT2D eigenvalue weighted by Gasteiger charge is 2.12. The number of amides is 2. The summed E-state index contributed by atoms with van der Waals surface area (Å²) in [4.78, 5) is 36.6. The van der Waals surface area contributed by atoms with Crippen molar-refractivity contribution in [3.63, 3.8) is 0 Å². The SMILES string of the molecule is Cc1ccc(C(=O)NCC(=O)N/N=C\c2ccc(OC(=O)c3cccc4ccccc34)cc2)cc1. The molecule has 7 nitrogen and oxygen atoms in total. The van der Waals surface area contributed by atoms with Crippen LogP contribution >= 0.6 is 0 Å². The molecule has 0 atom stereocenters. The van der Waals surface area contributed by atoms with Crippen molar-refractivity contribution in [2.75, 3.05) is 6.54 Å². The minimum Gasteiger partial charge on any atom is -0.423 e. The summed E-state index contributed by atoms with van der Waals surface area (Å²) in [5.74, 6) is -0.841. The Hall–Kier alpha value is -4.78. The normalized spacial score (nSPS) is 10.8. The number of carbonyl (C=O) groups is 3. The smallest absolute Gasteiger partial charge is 0.344 e. The molecule has 0 aromatic heterocycles. The van der Waals surface area contributed by atoms with E-state index in [0.717, 1.165) is 16.3 Å². The summed E-state index contributed by atoms with van der Waals surface area (Å²) < 4.78 is 5.51. The number of ether oxygens (including phenoxy) is 1. The second-order valence-corrected chi connectivity index (χ2v) is 7.83. The number of aryl methyl sites for hydroxylation is 1. The minimum atomic E-state index is -0.456. The van der Waals surface area contributed by atoms with E-state index < -0.39 is 11.9 Å². The number of fused-ring (bicyclic) bond motifs is 1. The van der Waals surface area contributed by atoms with Crippen molar-refractivity contribution in [1.82, 2.24) is 10.7 Å². The summed E-state index contributed by atoms with van der Waals surface area (Å²) in [7, 11) is 0. The molecule has 35 heavy (non-hydrogen) atoms. The zero-order chi connectivity index (χ0) is 24.6. The Kier molecular flexibility index (Phi) is 7.28. The number of nitrogens with one attached hydrogen (secondary N) is 2. The Labute approximate surface area is 202 Å². The lowest BCUT2D eigenvalue weighted by atomic mass is 10.0. The standard InChI is InChI=1S/C28H23N3O4/c1-19-9-13-22(14-10-19)27(33)29-18-26(32)31-30-17-20-11-15-23(16-12-20)35-28(34)25-8-4-6-21-5-2-3-7-24(21)25/h2-17H,18H2,1H3,(H,29,33)(H,31,32)/b30-17-. The number of nitrogens with zero attached hydrogens (tertiary/aromatic N) is 1. The van der Waals surface area contributed by atoms with Crippen LogP contribution in [-0.2, 0) is 4.79 Å². The molecule has 0 heterocycles. The van der Waals surface area contributed by atoms with Crippen molar-refractivity contribution in [2.45, 2.75) is 6.92 Å². The van der Waals surface area contributed by atoms with Gasteiger partial charge in [0.1, 0.15) is 5.75 Å². The second kappa shape index (κ2) is 10.9. The van der Waals surface area contributed by atoms with Gasteiger partial charge in [0.05, 0.1) is 18.3 Å². The largest absolute Gasteiger partial charge is 0.423 e. The van der Waals surface area contributed by atoms with E-state index in [-0.39, 0.29) is 12.5 Å². The molecule has 4 rings (SSSR count). The minimum absolute atomic E-state index is 0.201. The van der Waals surface area contributed by atoms with Crippen LogP contribution in [0.15, 0.2) is 96.1 Å². The highest BCUT2D eigenvalue weighted by molar-refractivity contribution is 6.05. The van der Waals surface area contributed by atoms with Crippen LogP contribution in [0.3, 0.4) is 0 Å². The third kappa shape index (κ3) is 6.17. The molecule has 0 saturated heterocycles. The first kappa shape index (κ1) is 23.4. The number of hydrazone groups is 1. The fraction of sp³-hybridized carbons (Fsp3) is 0.0714. The third-order valence-corrected chi connectivity index (χ3v) is 5.23. The van der Waals surface area contributed by atoms with Gasteiger partial charge in [-0.2, -0.15) is 5.10 Å². The van der Waals surface area contributed by atoms with Crippen LogP contribution < -0.4 is 15.5 Å². The first-order valence-corrected chi connectivity index (χ1v) is 11.0. The summed E-state index contributed by atoms with van der Waals surface area (Å²) in [6, 6.07) is 26.9. The van der Waals surface area contributed by atoms with Gasteiger partial charge in [0.15, 0.2) is 0 Å². The summed E-state index contributed by atoms with van der Waals surface area (Å²) in [6.07, 6.45) is 1.45. The van der Waals surface area contributed by atoms with Crippen molar-refractivity contribution < 1.29 is 19.1 Å². The van der Waals surface area contributed by atoms with Gasteiger partial charge in [-0.15, -0.1) is 0 Å². The van der Waals surface area contributed by atoms with Gasteiger partial charge in [0.2, 0.25) is 0 Å². The van der Waals surface area contributed by atoms with E-state index >= 15 is 0 Å². The average Bonchev–Trinajstić information content (AvgIpc) is 2.88. The maximum absolute atomic E-state index is 12.6. The molecule has 174 valence electrons. The Morgan fingerprint density at radius 2 is 1.57 bits per heavy atom. The molecule has 4 aromatic rings. The third-order valence-electron chi connectivity index (χ3n) is 5.23. The number of benzene rings is 4. The molecule has 0 aliphatic heterocycles. The van der Waals surface area contributed by atoms with Gasteiger partial charge in [-0.1, -0.05) is 54.1 Å². The monoisotopic (exact) mass is 465 g/mol. The summed E-state index contributed by atoms with van der Waals surface area (Å²) >= 11 is 0. The van der Waals surface area contributed by atoms with Crippen LogP contribution in [0, 0.1) is 6.92 Å². The van der Waals surface area contributed by atoms with Gasteiger partial charge in [0.25, 0.3) is 11.8 Å². The second-order valence-electron chi connectivity index (χ2n) is 7.83.